The topological polar surface area (TPSA) is 61.4 Å². The van der Waals surface area contributed by atoms with Gasteiger partial charge in [0.2, 0.25) is 0 Å². The Kier molecular flexibility index (Phi) is 6.69. The van der Waals surface area contributed by atoms with Crippen molar-refractivity contribution >= 4 is 23.2 Å². The molecule has 1 aliphatic rings. The fourth-order valence-electron chi connectivity index (χ4n) is 3.48. The third kappa shape index (κ3) is 5.35. The number of aryl methyl sites for hydroxylation is 2. The van der Waals surface area contributed by atoms with Crippen molar-refractivity contribution in [2.45, 2.75) is 39.5 Å². The van der Waals surface area contributed by atoms with E-state index in [1.54, 1.807) is 0 Å². The maximum Gasteiger partial charge on any atom is 0.313 e. The quantitative estimate of drug-likeness (QED) is 0.781. The Bertz CT molecular complexity index is 824. The maximum atomic E-state index is 12.1. The van der Waals surface area contributed by atoms with E-state index in [2.05, 4.69) is 39.8 Å². The van der Waals surface area contributed by atoms with Crippen LogP contribution in [0.4, 0.5) is 11.4 Å². The van der Waals surface area contributed by atoms with Gasteiger partial charge in [0.25, 0.3) is 0 Å². The SMILES string of the molecule is Cc1ccc(C)c(NC(=O)C(=O)NCCc2ccc(N3CCCCC3)cc2)c1. The molecule has 5 nitrogen and oxygen atoms in total. The fraction of sp³-hybridized carbons (Fsp3) is 0.391. The number of hydrogen-bond acceptors (Lipinski definition) is 3. The van der Waals surface area contributed by atoms with E-state index < -0.39 is 11.8 Å². The molecule has 148 valence electrons. The van der Waals surface area contributed by atoms with Gasteiger partial charge in [-0.3, -0.25) is 9.59 Å². The number of carbonyl (C=O) groups excluding carboxylic acids is 2. The lowest BCUT2D eigenvalue weighted by Gasteiger charge is -2.28. The van der Waals surface area contributed by atoms with E-state index in [1.807, 2.05) is 32.0 Å². The Morgan fingerprint density at radius 3 is 2.36 bits per heavy atom. The molecule has 1 fully saturated rings. The largest absolute Gasteiger partial charge is 0.372 e. The van der Waals surface area contributed by atoms with Gasteiger partial charge in [-0.05, 0) is 74.4 Å². The first-order valence-electron chi connectivity index (χ1n) is 10.0. The van der Waals surface area contributed by atoms with Crippen molar-refractivity contribution in [3.05, 3.63) is 59.2 Å². The lowest BCUT2D eigenvalue weighted by Crippen LogP contribution is -2.36. The first kappa shape index (κ1) is 19.9. The highest BCUT2D eigenvalue weighted by molar-refractivity contribution is 6.39. The van der Waals surface area contributed by atoms with Crippen LogP contribution in [0.5, 0.6) is 0 Å². The Hall–Kier alpha value is -2.82. The average molecular weight is 380 g/mol. The van der Waals surface area contributed by atoms with E-state index in [-0.39, 0.29) is 0 Å². The van der Waals surface area contributed by atoms with Crippen LogP contribution in [0.1, 0.15) is 36.0 Å². The summed E-state index contributed by atoms with van der Waals surface area (Å²) in [5.74, 6) is -1.24. The molecule has 2 aromatic rings. The van der Waals surface area contributed by atoms with Crippen LogP contribution in [0.25, 0.3) is 0 Å². The zero-order valence-corrected chi connectivity index (χ0v) is 16.8. The first-order chi connectivity index (χ1) is 13.5. The Morgan fingerprint density at radius 2 is 1.64 bits per heavy atom. The zero-order chi connectivity index (χ0) is 19.9. The molecule has 2 N–H and O–H groups in total. The Morgan fingerprint density at radius 1 is 0.929 bits per heavy atom. The smallest absolute Gasteiger partial charge is 0.313 e. The van der Waals surface area contributed by atoms with Crippen LogP contribution in [-0.2, 0) is 16.0 Å². The summed E-state index contributed by atoms with van der Waals surface area (Å²) in [6, 6.07) is 14.3. The summed E-state index contributed by atoms with van der Waals surface area (Å²) < 4.78 is 0. The number of benzene rings is 2. The van der Waals surface area contributed by atoms with Crippen LogP contribution in [-0.4, -0.2) is 31.4 Å². The molecular formula is C23H29N3O2. The molecule has 1 aliphatic heterocycles. The predicted molar refractivity (Wildman–Crippen MR) is 114 cm³/mol. The molecule has 5 heteroatoms. The van der Waals surface area contributed by atoms with E-state index in [0.29, 0.717) is 18.7 Å². The van der Waals surface area contributed by atoms with Gasteiger partial charge in [0.15, 0.2) is 0 Å². The van der Waals surface area contributed by atoms with E-state index in [9.17, 15) is 9.59 Å². The van der Waals surface area contributed by atoms with Crippen molar-refractivity contribution in [2.24, 2.45) is 0 Å². The molecule has 0 bridgehead atoms. The molecular weight excluding hydrogens is 350 g/mol. The number of hydrogen-bond donors (Lipinski definition) is 2. The summed E-state index contributed by atoms with van der Waals surface area (Å²) in [7, 11) is 0. The highest BCUT2D eigenvalue weighted by Crippen LogP contribution is 2.20. The second-order valence-electron chi connectivity index (χ2n) is 7.49. The molecule has 2 amide bonds. The summed E-state index contributed by atoms with van der Waals surface area (Å²) in [6.45, 7) is 6.55. The zero-order valence-electron chi connectivity index (χ0n) is 16.8. The molecule has 1 heterocycles. The Labute approximate surface area is 167 Å². The van der Waals surface area contributed by atoms with Crippen LogP contribution in [0.2, 0.25) is 0 Å². The van der Waals surface area contributed by atoms with Gasteiger partial charge < -0.3 is 15.5 Å². The molecule has 2 aromatic carbocycles. The molecule has 0 spiro atoms. The minimum Gasteiger partial charge on any atom is -0.372 e. The molecule has 0 aliphatic carbocycles. The van der Waals surface area contributed by atoms with Gasteiger partial charge in [-0.2, -0.15) is 0 Å². The summed E-state index contributed by atoms with van der Waals surface area (Å²) in [4.78, 5) is 26.6. The number of nitrogens with zero attached hydrogens (tertiary/aromatic N) is 1. The highest BCUT2D eigenvalue weighted by Gasteiger charge is 2.14. The lowest BCUT2D eigenvalue weighted by molar-refractivity contribution is -0.136. The molecule has 28 heavy (non-hydrogen) atoms. The molecule has 0 unspecified atom stereocenters. The minimum atomic E-state index is -0.630. The third-order valence-electron chi connectivity index (χ3n) is 5.20. The van der Waals surface area contributed by atoms with Crippen LogP contribution in [0, 0.1) is 13.8 Å². The second-order valence-corrected chi connectivity index (χ2v) is 7.49. The average Bonchev–Trinajstić information content (AvgIpc) is 2.72. The van der Waals surface area contributed by atoms with Gasteiger partial charge in [-0.1, -0.05) is 24.3 Å². The van der Waals surface area contributed by atoms with Crippen molar-refractivity contribution in [3.63, 3.8) is 0 Å². The standard InChI is InChI=1S/C23H29N3O2/c1-17-6-7-18(2)21(16-17)25-23(28)22(27)24-13-12-19-8-10-20(11-9-19)26-14-4-3-5-15-26/h6-11,16H,3-5,12-15H2,1-2H3,(H,24,27)(H,25,28). The van der Waals surface area contributed by atoms with Gasteiger partial charge in [-0.25, -0.2) is 0 Å². The van der Waals surface area contributed by atoms with Crippen molar-refractivity contribution in [2.75, 3.05) is 29.9 Å². The van der Waals surface area contributed by atoms with Crippen molar-refractivity contribution in [3.8, 4) is 0 Å². The number of piperidine rings is 1. The van der Waals surface area contributed by atoms with E-state index >= 15 is 0 Å². The molecule has 3 rings (SSSR count). The summed E-state index contributed by atoms with van der Waals surface area (Å²) >= 11 is 0. The van der Waals surface area contributed by atoms with Crippen LogP contribution in [0.15, 0.2) is 42.5 Å². The number of nitrogens with one attached hydrogen (secondary N) is 2. The molecule has 0 atom stereocenters. The summed E-state index contributed by atoms with van der Waals surface area (Å²) in [5, 5.41) is 5.39. The van der Waals surface area contributed by atoms with Gasteiger partial charge in [-0.15, -0.1) is 0 Å². The number of carbonyl (C=O) groups is 2. The minimum absolute atomic E-state index is 0.433. The highest BCUT2D eigenvalue weighted by atomic mass is 16.2. The van der Waals surface area contributed by atoms with Crippen molar-refractivity contribution in [1.82, 2.24) is 5.32 Å². The normalized spacial score (nSPS) is 13.9. The van der Waals surface area contributed by atoms with E-state index in [0.717, 1.165) is 29.8 Å². The van der Waals surface area contributed by atoms with Gasteiger partial charge in [0, 0.05) is 31.0 Å². The molecule has 0 radical (unpaired) electrons. The first-order valence-corrected chi connectivity index (χ1v) is 10.0. The third-order valence-corrected chi connectivity index (χ3v) is 5.20. The maximum absolute atomic E-state index is 12.1. The molecule has 0 aromatic heterocycles. The van der Waals surface area contributed by atoms with E-state index in [1.165, 1.54) is 24.9 Å². The monoisotopic (exact) mass is 379 g/mol. The number of amides is 2. The van der Waals surface area contributed by atoms with Crippen LogP contribution >= 0.6 is 0 Å². The molecule has 1 saturated heterocycles. The number of anilines is 2. The Balaban J connectivity index is 1.45. The van der Waals surface area contributed by atoms with Gasteiger partial charge in [0.05, 0.1) is 0 Å². The summed E-state index contributed by atoms with van der Waals surface area (Å²) in [5.41, 5.74) is 5.06. The van der Waals surface area contributed by atoms with Gasteiger partial charge in [0.1, 0.15) is 0 Å². The lowest BCUT2D eigenvalue weighted by atomic mass is 10.1. The molecule has 0 saturated carbocycles. The van der Waals surface area contributed by atoms with Crippen molar-refractivity contribution in [1.29, 1.82) is 0 Å². The second kappa shape index (κ2) is 9.40. The van der Waals surface area contributed by atoms with Crippen molar-refractivity contribution < 1.29 is 9.59 Å². The van der Waals surface area contributed by atoms with E-state index in [4.69, 9.17) is 0 Å². The summed E-state index contributed by atoms with van der Waals surface area (Å²) in [6.07, 6.45) is 4.55. The van der Waals surface area contributed by atoms with Crippen LogP contribution in [0.3, 0.4) is 0 Å². The predicted octanol–water partition coefficient (Wildman–Crippen LogP) is 3.59. The van der Waals surface area contributed by atoms with Gasteiger partial charge >= 0.3 is 11.8 Å². The number of rotatable bonds is 5. The van der Waals surface area contributed by atoms with Crippen LogP contribution < -0.4 is 15.5 Å². The fourth-order valence-corrected chi connectivity index (χ4v) is 3.48.